The Balaban J connectivity index is 1.55. The first kappa shape index (κ1) is 18.9. The highest BCUT2D eigenvalue weighted by Gasteiger charge is 2.29. The summed E-state index contributed by atoms with van der Waals surface area (Å²) in [6.07, 6.45) is 0. The van der Waals surface area contributed by atoms with Gasteiger partial charge in [0.25, 0.3) is 0 Å². The third-order valence-electron chi connectivity index (χ3n) is 4.68. The number of aromatic nitrogens is 3. The molecule has 2 aromatic carbocycles. The van der Waals surface area contributed by atoms with Crippen molar-refractivity contribution in [2.45, 2.75) is 24.3 Å². The predicted molar refractivity (Wildman–Crippen MR) is 109 cm³/mol. The zero-order chi connectivity index (χ0) is 20.7. The first-order valence-electron chi connectivity index (χ1n) is 8.84. The number of anilines is 1. The van der Waals surface area contributed by atoms with Crippen molar-refractivity contribution < 1.29 is 14.4 Å². The van der Waals surface area contributed by atoms with E-state index in [2.05, 4.69) is 15.5 Å². The van der Waals surface area contributed by atoms with Gasteiger partial charge >= 0.3 is 0 Å². The van der Waals surface area contributed by atoms with E-state index in [4.69, 9.17) is 5.84 Å². The summed E-state index contributed by atoms with van der Waals surface area (Å²) < 4.78 is 1.31. The first-order chi connectivity index (χ1) is 13.9. The van der Waals surface area contributed by atoms with E-state index in [0.29, 0.717) is 33.4 Å². The molecular weight excluding hydrogens is 390 g/mol. The zero-order valence-electron chi connectivity index (χ0n) is 15.7. The number of nitrogen functional groups attached to an aromatic ring is 1. The molecule has 3 aromatic rings. The lowest BCUT2D eigenvalue weighted by atomic mass is 9.84. The van der Waals surface area contributed by atoms with Gasteiger partial charge in [0, 0.05) is 27.9 Å². The van der Waals surface area contributed by atoms with E-state index in [0.717, 1.165) is 0 Å². The van der Waals surface area contributed by atoms with Crippen LogP contribution in [-0.4, -0.2) is 37.6 Å². The fourth-order valence-electron chi connectivity index (χ4n) is 3.06. The van der Waals surface area contributed by atoms with E-state index in [1.54, 1.807) is 50.2 Å². The number of thioether (sulfide) groups is 1. The molecule has 1 aromatic heterocycles. The third kappa shape index (κ3) is 3.29. The van der Waals surface area contributed by atoms with Crippen molar-refractivity contribution in [3.63, 3.8) is 0 Å². The summed E-state index contributed by atoms with van der Waals surface area (Å²) in [5.41, 5.74) is 1.82. The fourth-order valence-corrected chi connectivity index (χ4v) is 3.88. The Kier molecular flexibility index (Phi) is 4.67. The molecule has 0 saturated heterocycles. The topological polar surface area (TPSA) is 120 Å². The van der Waals surface area contributed by atoms with Crippen molar-refractivity contribution >= 4 is 34.9 Å². The highest BCUT2D eigenvalue weighted by molar-refractivity contribution is 8.00. The summed E-state index contributed by atoms with van der Waals surface area (Å²) in [5.74, 6) is 5.64. The Bertz CT molecular complexity index is 1170. The van der Waals surface area contributed by atoms with Crippen LogP contribution in [0.25, 0.3) is 0 Å². The lowest BCUT2D eigenvalue weighted by molar-refractivity contribution is -0.115. The molecule has 0 saturated carbocycles. The Morgan fingerprint density at radius 1 is 1.03 bits per heavy atom. The summed E-state index contributed by atoms with van der Waals surface area (Å²) in [5, 5.41) is 10.5. The molecule has 0 fully saturated rings. The molecule has 146 valence electrons. The van der Waals surface area contributed by atoms with Crippen molar-refractivity contribution in [2.75, 3.05) is 11.2 Å². The lowest BCUT2D eigenvalue weighted by Crippen LogP contribution is -2.25. The average Bonchev–Trinajstić information content (AvgIpc) is 3.04. The summed E-state index contributed by atoms with van der Waals surface area (Å²) >= 11 is 1.17. The number of nitrogens with one attached hydrogen (secondary N) is 1. The predicted octanol–water partition coefficient (Wildman–Crippen LogP) is 2.20. The maximum absolute atomic E-state index is 12.8. The molecule has 1 atom stereocenters. The molecule has 1 aliphatic rings. The highest BCUT2D eigenvalue weighted by Crippen LogP contribution is 2.29. The average molecular weight is 407 g/mol. The summed E-state index contributed by atoms with van der Waals surface area (Å²) in [6.45, 7) is 3.43. The van der Waals surface area contributed by atoms with Crippen LogP contribution < -0.4 is 11.2 Å². The second-order valence-corrected chi connectivity index (χ2v) is 7.92. The number of hydrogen-bond acceptors (Lipinski definition) is 7. The van der Waals surface area contributed by atoms with Gasteiger partial charge in [-0.3, -0.25) is 14.4 Å². The molecule has 1 heterocycles. The second-order valence-electron chi connectivity index (χ2n) is 6.61. The number of aryl methyl sites for hydroxylation is 1. The van der Waals surface area contributed by atoms with Crippen LogP contribution in [0.4, 0.5) is 5.69 Å². The van der Waals surface area contributed by atoms with E-state index in [1.165, 1.54) is 22.5 Å². The molecular formula is C20H17N5O3S. The summed E-state index contributed by atoms with van der Waals surface area (Å²) in [7, 11) is 0. The van der Waals surface area contributed by atoms with Gasteiger partial charge in [0.15, 0.2) is 11.6 Å². The minimum absolute atomic E-state index is 0.199. The van der Waals surface area contributed by atoms with Gasteiger partial charge in [0.1, 0.15) is 5.82 Å². The summed E-state index contributed by atoms with van der Waals surface area (Å²) in [4.78, 5) is 38.0. The highest BCUT2D eigenvalue weighted by atomic mass is 32.2. The second kappa shape index (κ2) is 7.17. The van der Waals surface area contributed by atoms with Crippen molar-refractivity contribution in [3.05, 3.63) is 70.5 Å². The molecule has 3 N–H and O–H groups in total. The number of carbonyl (C=O) groups is 3. The largest absolute Gasteiger partial charge is 0.336 e. The van der Waals surface area contributed by atoms with E-state index in [1.807, 2.05) is 0 Å². The monoisotopic (exact) mass is 407 g/mol. The van der Waals surface area contributed by atoms with E-state index in [9.17, 15) is 14.4 Å². The third-order valence-corrected chi connectivity index (χ3v) is 5.74. The number of benzene rings is 2. The van der Waals surface area contributed by atoms with Gasteiger partial charge in [0.05, 0.1) is 5.25 Å². The smallest absolute Gasteiger partial charge is 0.237 e. The minimum Gasteiger partial charge on any atom is -0.336 e. The van der Waals surface area contributed by atoms with Crippen molar-refractivity contribution in [2.24, 2.45) is 0 Å². The number of carbonyl (C=O) groups excluding carboxylic acids is 3. The van der Waals surface area contributed by atoms with Crippen molar-refractivity contribution in [1.82, 2.24) is 14.9 Å². The Labute approximate surface area is 170 Å². The molecule has 0 bridgehead atoms. The number of amides is 1. The maximum Gasteiger partial charge on any atom is 0.237 e. The number of rotatable bonds is 4. The molecule has 8 nitrogen and oxygen atoms in total. The zero-order valence-corrected chi connectivity index (χ0v) is 16.5. The number of nitrogens with two attached hydrogens (primary N) is 1. The molecule has 9 heteroatoms. The molecule has 4 rings (SSSR count). The molecule has 1 aliphatic carbocycles. The molecule has 0 radical (unpaired) electrons. The van der Waals surface area contributed by atoms with Gasteiger partial charge < -0.3 is 11.2 Å². The van der Waals surface area contributed by atoms with Crippen LogP contribution >= 0.6 is 11.8 Å². The van der Waals surface area contributed by atoms with Crippen LogP contribution in [0.2, 0.25) is 0 Å². The van der Waals surface area contributed by atoms with E-state index in [-0.39, 0.29) is 23.0 Å². The van der Waals surface area contributed by atoms with Crippen LogP contribution in [-0.2, 0) is 4.79 Å². The number of ketones is 2. The number of fused-ring (bicyclic) bond motifs is 2. The molecule has 0 spiro atoms. The standard InChI is InChI=1S/C20H17N5O3S/c1-10(29-20-24-23-11(2)25(20)21)19(28)22-12-7-8-15-16(9-12)18(27)14-6-4-3-5-13(14)17(15)26/h3-10H,21H2,1-2H3,(H,22,28)/t10-/m1/s1. The van der Waals surface area contributed by atoms with Crippen LogP contribution in [0.3, 0.4) is 0 Å². The molecule has 0 unspecified atom stereocenters. The van der Waals surface area contributed by atoms with E-state index < -0.39 is 5.25 Å². The molecule has 0 aliphatic heterocycles. The van der Waals surface area contributed by atoms with Crippen LogP contribution in [0.15, 0.2) is 47.6 Å². The van der Waals surface area contributed by atoms with Gasteiger partial charge in [-0.05, 0) is 32.0 Å². The number of hydrogen-bond donors (Lipinski definition) is 2. The van der Waals surface area contributed by atoms with Crippen LogP contribution in [0.1, 0.15) is 44.6 Å². The SMILES string of the molecule is Cc1nnc(S[C@H](C)C(=O)Nc2ccc3c(c2)C(=O)c2ccccc2C3=O)n1N. The summed E-state index contributed by atoms with van der Waals surface area (Å²) in [6, 6.07) is 11.4. The molecule has 1 amide bonds. The Hall–Kier alpha value is -3.46. The first-order valence-corrected chi connectivity index (χ1v) is 9.72. The maximum atomic E-state index is 12.8. The van der Waals surface area contributed by atoms with Crippen molar-refractivity contribution in [3.8, 4) is 0 Å². The Morgan fingerprint density at radius 2 is 1.66 bits per heavy atom. The quantitative estimate of drug-likeness (QED) is 0.393. The van der Waals surface area contributed by atoms with Gasteiger partial charge in [-0.15, -0.1) is 10.2 Å². The Morgan fingerprint density at radius 3 is 2.28 bits per heavy atom. The lowest BCUT2D eigenvalue weighted by Gasteiger charge is -2.18. The minimum atomic E-state index is -0.505. The van der Waals surface area contributed by atoms with Crippen LogP contribution in [0.5, 0.6) is 0 Å². The van der Waals surface area contributed by atoms with Gasteiger partial charge in [0.2, 0.25) is 11.1 Å². The van der Waals surface area contributed by atoms with Crippen molar-refractivity contribution in [1.29, 1.82) is 0 Å². The fraction of sp³-hybridized carbons (Fsp3) is 0.150. The van der Waals surface area contributed by atoms with Crippen LogP contribution in [0, 0.1) is 6.92 Å². The van der Waals surface area contributed by atoms with Gasteiger partial charge in [-0.2, -0.15) is 0 Å². The normalized spacial score (nSPS) is 13.6. The number of nitrogens with zero attached hydrogens (tertiary/aromatic N) is 3. The van der Waals surface area contributed by atoms with Gasteiger partial charge in [-0.1, -0.05) is 36.0 Å². The molecule has 29 heavy (non-hydrogen) atoms. The van der Waals surface area contributed by atoms with E-state index >= 15 is 0 Å². The van der Waals surface area contributed by atoms with Gasteiger partial charge in [-0.25, -0.2) is 4.68 Å².